The first-order valence-corrected chi connectivity index (χ1v) is 7.25. The summed E-state index contributed by atoms with van der Waals surface area (Å²) in [7, 11) is 4.71. The molecular formula is C14H25N3O4. The molecule has 0 spiro atoms. The highest BCUT2D eigenvalue weighted by atomic mass is 16.4. The Labute approximate surface area is 125 Å². The summed E-state index contributed by atoms with van der Waals surface area (Å²) >= 11 is 0. The fourth-order valence-corrected chi connectivity index (χ4v) is 2.44. The van der Waals surface area contributed by atoms with Gasteiger partial charge in [-0.2, -0.15) is 0 Å². The maximum absolute atomic E-state index is 12.2. The molecule has 2 N–H and O–H groups in total. The maximum Gasteiger partial charge on any atom is 0.329 e. The minimum Gasteiger partial charge on any atom is -0.480 e. The molecule has 0 aromatic rings. The van der Waals surface area contributed by atoms with E-state index in [1.165, 1.54) is 16.8 Å². The molecule has 1 saturated carbocycles. The van der Waals surface area contributed by atoms with Crippen LogP contribution in [0.25, 0.3) is 0 Å². The Balaban J connectivity index is 2.72. The van der Waals surface area contributed by atoms with Crippen molar-refractivity contribution in [2.24, 2.45) is 0 Å². The molecular weight excluding hydrogens is 274 g/mol. The van der Waals surface area contributed by atoms with Gasteiger partial charge in [-0.05, 0) is 12.8 Å². The van der Waals surface area contributed by atoms with Crippen molar-refractivity contribution in [2.45, 2.75) is 44.1 Å². The number of rotatable bonds is 4. The van der Waals surface area contributed by atoms with E-state index in [9.17, 15) is 19.5 Å². The molecule has 1 aliphatic carbocycles. The predicted molar refractivity (Wildman–Crippen MR) is 77.9 cm³/mol. The number of urea groups is 1. The van der Waals surface area contributed by atoms with E-state index < -0.39 is 17.5 Å². The average Bonchev–Trinajstić information content (AvgIpc) is 2.64. The average molecular weight is 299 g/mol. The summed E-state index contributed by atoms with van der Waals surface area (Å²) in [6.45, 7) is -0.0749. The highest BCUT2D eigenvalue weighted by molar-refractivity contribution is 5.88. The van der Waals surface area contributed by atoms with Crippen LogP contribution in [0.3, 0.4) is 0 Å². The molecule has 0 bridgehead atoms. The summed E-state index contributed by atoms with van der Waals surface area (Å²) in [5, 5.41) is 12.1. The zero-order valence-electron chi connectivity index (χ0n) is 13.0. The fourth-order valence-electron chi connectivity index (χ4n) is 2.44. The van der Waals surface area contributed by atoms with Crippen molar-refractivity contribution < 1.29 is 19.5 Å². The van der Waals surface area contributed by atoms with E-state index in [2.05, 4.69) is 5.32 Å². The van der Waals surface area contributed by atoms with E-state index in [-0.39, 0.29) is 12.5 Å². The monoisotopic (exact) mass is 299 g/mol. The van der Waals surface area contributed by atoms with Crippen molar-refractivity contribution in [3.8, 4) is 0 Å². The molecule has 1 rings (SSSR count). The van der Waals surface area contributed by atoms with Gasteiger partial charge in [0.05, 0.1) is 0 Å². The third-order valence-electron chi connectivity index (χ3n) is 3.93. The molecule has 7 heteroatoms. The molecule has 0 radical (unpaired) electrons. The van der Waals surface area contributed by atoms with Gasteiger partial charge in [-0.1, -0.05) is 25.7 Å². The lowest BCUT2D eigenvalue weighted by molar-refractivity contribution is -0.145. The number of carboxylic acid groups (broad SMARTS) is 1. The molecule has 1 aliphatic rings. The smallest absolute Gasteiger partial charge is 0.329 e. The van der Waals surface area contributed by atoms with Gasteiger partial charge in [0.1, 0.15) is 12.1 Å². The highest BCUT2D eigenvalue weighted by Gasteiger charge is 2.40. The van der Waals surface area contributed by atoms with E-state index >= 15 is 0 Å². The molecule has 0 aromatic heterocycles. The SMILES string of the molecule is CN(C)C(=O)CN(C)C(=O)NC1(C(=O)O)CCCCCC1. The van der Waals surface area contributed by atoms with Crippen molar-refractivity contribution in [3.05, 3.63) is 0 Å². The van der Waals surface area contributed by atoms with Crippen LogP contribution in [-0.2, 0) is 9.59 Å². The molecule has 0 saturated heterocycles. The number of carbonyl (C=O) groups is 3. The van der Waals surface area contributed by atoms with Gasteiger partial charge in [0.2, 0.25) is 5.91 Å². The van der Waals surface area contributed by atoms with Crippen LogP contribution in [0.4, 0.5) is 4.79 Å². The number of nitrogens with one attached hydrogen (secondary N) is 1. The number of likely N-dealkylation sites (N-methyl/N-ethyl adjacent to an activating group) is 2. The molecule has 120 valence electrons. The molecule has 21 heavy (non-hydrogen) atoms. The Morgan fingerprint density at radius 2 is 1.57 bits per heavy atom. The van der Waals surface area contributed by atoms with Crippen LogP contribution in [-0.4, -0.2) is 66.0 Å². The van der Waals surface area contributed by atoms with Crippen molar-refractivity contribution in [2.75, 3.05) is 27.7 Å². The van der Waals surface area contributed by atoms with E-state index in [1.54, 1.807) is 14.1 Å². The number of carboxylic acids is 1. The molecule has 0 unspecified atom stereocenters. The second kappa shape index (κ2) is 7.28. The standard InChI is InChI=1S/C14H25N3O4/c1-16(2)11(18)10-17(3)13(21)15-14(12(19)20)8-6-4-5-7-9-14/h4-10H2,1-3H3,(H,15,21)(H,19,20). The molecule has 0 heterocycles. The van der Waals surface area contributed by atoms with Crippen LogP contribution >= 0.6 is 0 Å². The maximum atomic E-state index is 12.2. The number of hydrogen-bond acceptors (Lipinski definition) is 3. The van der Waals surface area contributed by atoms with Crippen LogP contribution in [0.5, 0.6) is 0 Å². The predicted octanol–water partition coefficient (Wildman–Crippen LogP) is 0.894. The largest absolute Gasteiger partial charge is 0.480 e. The summed E-state index contributed by atoms with van der Waals surface area (Å²) in [6, 6.07) is -0.519. The Morgan fingerprint density at radius 3 is 2.00 bits per heavy atom. The Morgan fingerprint density at radius 1 is 1.05 bits per heavy atom. The molecule has 0 aromatic carbocycles. The summed E-state index contributed by atoms with van der Waals surface area (Å²) in [5.41, 5.74) is -1.21. The number of amides is 3. The molecule has 0 atom stereocenters. The first-order chi connectivity index (χ1) is 9.78. The number of carbonyl (C=O) groups excluding carboxylic acids is 2. The lowest BCUT2D eigenvalue weighted by Gasteiger charge is -2.31. The van der Waals surface area contributed by atoms with Crippen molar-refractivity contribution in [1.29, 1.82) is 0 Å². The molecule has 7 nitrogen and oxygen atoms in total. The van der Waals surface area contributed by atoms with E-state index in [0.717, 1.165) is 25.7 Å². The van der Waals surface area contributed by atoms with Crippen molar-refractivity contribution in [3.63, 3.8) is 0 Å². The van der Waals surface area contributed by atoms with Crippen LogP contribution in [0, 0.1) is 0 Å². The zero-order valence-corrected chi connectivity index (χ0v) is 13.0. The van der Waals surface area contributed by atoms with Crippen molar-refractivity contribution >= 4 is 17.9 Å². The topological polar surface area (TPSA) is 90.0 Å². The fraction of sp³-hybridized carbons (Fsp3) is 0.786. The summed E-state index contributed by atoms with van der Waals surface area (Å²) < 4.78 is 0. The Hall–Kier alpha value is -1.79. The lowest BCUT2D eigenvalue weighted by atomic mass is 9.90. The third-order valence-corrected chi connectivity index (χ3v) is 3.93. The number of hydrogen-bond donors (Lipinski definition) is 2. The van der Waals surface area contributed by atoms with Crippen molar-refractivity contribution in [1.82, 2.24) is 15.1 Å². The van der Waals surface area contributed by atoms with Crippen LogP contribution in [0.2, 0.25) is 0 Å². The number of aliphatic carboxylic acids is 1. The second-order valence-electron chi connectivity index (χ2n) is 5.88. The van der Waals surface area contributed by atoms with Gasteiger partial charge in [-0.25, -0.2) is 9.59 Å². The molecule has 0 aliphatic heterocycles. The van der Waals surface area contributed by atoms with E-state index in [0.29, 0.717) is 12.8 Å². The zero-order chi connectivity index (χ0) is 16.0. The second-order valence-corrected chi connectivity index (χ2v) is 5.88. The van der Waals surface area contributed by atoms with Gasteiger partial charge in [0, 0.05) is 21.1 Å². The first-order valence-electron chi connectivity index (χ1n) is 7.25. The minimum atomic E-state index is -1.21. The Bertz CT molecular complexity index is 401. The van der Waals surface area contributed by atoms with Gasteiger partial charge in [-0.3, -0.25) is 4.79 Å². The van der Waals surface area contributed by atoms with Crippen LogP contribution in [0.15, 0.2) is 0 Å². The molecule has 3 amide bonds. The third kappa shape index (κ3) is 4.61. The summed E-state index contributed by atoms with van der Waals surface area (Å²) in [5.74, 6) is -1.21. The Kier molecular flexibility index (Phi) is 5.99. The lowest BCUT2D eigenvalue weighted by Crippen LogP contribution is -2.57. The quantitative estimate of drug-likeness (QED) is 0.755. The molecule has 1 fully saturated rings. The summed E-state index contributed by atoms with van der Waals surface area (Å²) in [4.78, 5) is 38.0. The van der Waals surface area contributed by atoms with E-state index in [4.69, 9.17) is 0 Å². The number of nitrogens with zero attached hydrogens (tertiary/aromatic N) is 2. The van der Waals surface area contributed by atoms with Crippen LogP contribution in [0.1, 0.15) is 38.5 Å². The van der Waals surface area contributed by atoms with E-state index in [1.807, 2.05) is 0 Å². The first kappa shape index (κ1) is 17.3. The normalized spacial score (nSPS) is 17.5. The minimum absolute atomic E-state index is 0.0749. The summed E-state index contributed by atoms with van der Waals surface area (Å²) in [6.07, 6.45) is 4.41. The van der Waals surface area contributed by atoms with Crippen LogP contribution < -0.4 is 5.32 Å². The van der Waals surface area contributed by atoms with Gasteiger partial charge in [0.25, 0.3) is 0 Å². The van der Waals surface area contributed by atoms with Gasteiger partial charge in [0.15, 0.2) is 0 Å². The highest BCUT2D eigenvalue weighted by Crippen LogP contribution is 2.27. The van der Waals surface area contributed by atoms with Gasteiger partial charge in [-0.15, -0.1) is 0 Å². The van der Waals surface area contributed by atoms with Gasteiger partial charge >= 0.3 is 12.0 Å². The van der Waals surface area contributed by atoms with Gasteiger partial charge < -0.3 is 20.2 Å².